The first-order valence-corrected chi connectivity index (χ1v) is 5.39. The average Bonchev–Trinajstić information content (AvgIpc) is 2.29. The third-order valence-electron chi connectivity index (χ3n) is 1.43. The third kappa shape index (κ3) is 15.6. The number of phenolic OH excluding ortho intramolecular Hbond substituents is 1. The fourth-order valence-corrected chi connectivity index (χ4v) is 0.833. The van der Waals surface area contributed by atoms with Crippen molar-refractivity contribution in [2.45, 2.75) is 13.8 Å². The molecule has 0 radical (unpaired) electrons. The van der Waals surface area contributed by atoms with E-state index < -0.39 is 0 Å². The molecule has 0 saturated heterocycles. The molecule has 19 heavy (non-hydrogen) atoms. The maximum absolute atomic E-state index is 9.82. The van der Waals surface area contributed by atoms with Gasteiger partial charge in [0.15, 0.2) is 17.5 Å². The number of carbonyl (C=O) groups is 1. The SMILES string of the molecule is CCOC(C)=O.COc1ccccc1O.N=C(N)N. The first-order chi connectivity index (χ1) is 8.84. The van der Waals surface area contributed by atoms with E-state index in [1.54, 1.807) is 31.2 Å². The van der Waals surface area contributed by atoms with E-state index in [4.69, 9.17) is 15.3 Å². The summed E-state index contributed by atoms with van der Waals surface area (Å²) in [5.74, 6) is 0.148. The normalized spacial score (nSPS) is 7.95. The van der Waals surface area contributed by atoms with Crippen molar-refractivity contribution in [3.05, 3.63) is 24.3 Å². The molecule has 6 N–H and O–H groups in total. The molecule has 0 aliphatic carbocycles. The summed E-state index contributed by atoms with van der Waals surface area (Å²) < 4.78 is 9.20. The van der Waals surface area contributed by atoms with Crippen LogP contribution < -0.4 is 16.2 Å². The molecule has 7 heteroatoms. The number of guanidine groups is 1. The fraction of sp³-hybridized carbons (Fsp3) is 0.333. The molecule has 1 aromatic rings. The van der Waals surface area contributed by atoms with Gasteiger partial charge >= 0.3 is 5.97 Å². The van der Waals surface area contributed by atoms with Crippen LogP contribution in [0.2, 0.25) is 0 Å². The van der Waals surface area contributed by atoms with Crippen LogP contribution in [-0.2, 0) is 9.53 Å². The number of aromatic hydroxyl groups is 1. The molecule has 0 bridgehead atoms. The largest absolute Gasteiger partial charge is 0.504 e. The van der Waals surface area contributed by atoms with E-state index >= 15 is 0 Å². The highest BCUT2D eigenvalue weighted by atomic mass is 16.5. The molecule has 108 valence electrons. The molecule has 0 fully saturated rings. The third-order valence-corrected chi connectivity index (χ3v) is 1.43. The minimum absolute atomic E-state index is 0.181. The van der Waals surface area contributed by atoms with Crippen LogP contribution in [0, 0.1) is 5.41 Å². The molecule has 7 nitrogen and oxygen atoms in total. The molecule has 1 aromatic carbocycles. The van der Waals surface area contributed by atoms with Gasteiger partial charge in [0.25, 0.3) is 0 Å². The minimum atomic E-state index is -0.333. The van der Waals surface area contributed by atoms with E-state index in [2.05, 4.69) is 16.2 Å². The highest BCUT2D eigenvalue weighted by molar-refractivity contribution is 5.71. The number of rotatable bonds is 2. The first kappa shape index (κ1) is 18.9. The van der Waals surface area contributed by atoms with Crippen molar-refractivity contribution < 1.29 is 19.4 Å². The second kappa shape index (κ2) is 12.0. The van der Waals surface area contributed by atoms with E-state index in [0.29, 0.717) is 12.4 Å². The van der Waals surface area contributed by atoms with E-state index in [0.717, 1.165) is 0 Å². The Morgan fingerprint density at radius 2 is 1.84 bits per heavy atom. The van der Waals surface area contributed by atoms with E-state index in [1.807, 2.05) is 0 Å². The van der Waals surface area contributed by atoms with Crippen LogP contribution in [0.1, 0.15) is 13.8 Å². The molecule has 1 rings (SSSR count). The number of phenols is 1. The average molecular weight is 271 g/mol. The molecule has 0 aliphatic heterocycles. The number of benzene rings is 1. The minimum Gasteiger partial charge on any atom is -0.504 e. The summed E-state index contributed by atoms with van der Waals surface area (Å²) >= 11 is 0. The molecular weight excluding hydrogens is 250 g/mol. The zero-order valence-electron chi connectivity index (χ0n) is 11.3. The summed E-state index contributed by atoms with van der Waals surface area (Å²) in [6.07, 6.45) is 0. The molecule has 0 aromatic heterocycles. The lowest BCUT2D eigenvalue weighted by atomic mass is 10.3. The van der Waals surface area contributed by atoms with Crippen LogP contribution in [0.5, 0.6) is 11.5 Å². The van der Waals surface area contributed by atoms with Crippen molar-refractivity contribution in [2.75, 3.05) is 13.7 Å². The summed E-state index contributed by atoms with van der Waals surface area (Å²) in [5.41, 5.74) is 8.94. The Hall–Kier alpha value is -2.44. The van der Waals surface area contributed by atoms with Crippen molar-refractivity contribution in [1.82, 2.24) is 0 Å². The summed E-state index contributed by atoms with van der Waals surface area (Å²) in [5, 5.41) is 15.0. The van der Waals surface area contributed by atoms with Crippen molar-refractivity contribution >= 4 is 11.9 Å². The summed E-state index contributed by atoms with van der Waals surface area (Å²) in [4.78, 5) is 9.82. The van der Waals surface area contributed by atoms with Gasteiger partial charge in [0, 0.05) is 6.92 Å². The van der Waals surface area contributed by atoms with Gasteiger partial charge in [-0.2, -0.15) is 0 Å². The number of hydrogen-bond acceptors (Lipinski definition) is 5. The molecule has 0 amide bonds. The number of nitrogens with one attached hydrogen (secondary N) is 1. The number of ether oxygens (including phenoxy) is 2. The van der Waals surface area contributed by atoms with Gasteiger partial charge in [0.05, 0.1) is 13.7 Å². The van der Waals surface area contributed by atoms with Crippen LogP contribution in [0.3, 0.4) is 0 Å². The number of hydrogen-bond donors (Lipinski definition) is 4. The number of nitrogens with two attached hydrogens (primary N) is 2. The van der Waals surface area contributed by atoms with E-state index in [1.165, 1.54) is 14.0 Å². The molecule has 0 saturated carbocycles. The van der Waals surface area contributed by atoms with Gasteiger partial charge in [-0.25, -0.2) is 0 Å². The zero-order valence-corrected chi connectivity index (χ0v) is 11.3. The Morgan fingerprint density at radius 3 is 2.05 bits per heavy atom. The second-order valence-corrected chi connectivity index (χ2v) is 3.05. The first-order valence-electron chi connectivity index (χ1n) is 5.39. The monoisotopic (exact) mass is 271 g/mol. The van der Waals surface area contributed by atoms with Crippen LogP contribution >= 0.6 is 0 Å². The summed E-state index contributed by atoms with van der Waals surface area (Å²) in [7, 11) is 1.52. The van der Waals surface area contributed by atoms with Gasteiger partial charge in [-0.3, -0.25) is 10.2 Å². The Kier molecular flexibility index (Phi) is 12.0. The highest BCUT2D eigenvalue weighted by Gasteiger charge is 1.94. The summed E-state index contributed by atoms with van der Waals surface area (Å²) in [6, 6.07) is 6.84. The van der Waals surface area contributed by atoms with Crippen LogP contribution in [0.4, 0.5) is 0 Å². The van der Waals surface area contributed by atoms with Crippen LogP contribution in [0.15, 0.2) is 24.3 Å². The maximum atomic E-state index is 9.82. The van der Waals surface area contributed by atoms with Gasteiger partial charge in [-0.15, -0.1) is 0 Å². The predicted octanol–water partition coefficient (Wildman–Crippen LogP) is 0.809. The topological polar surface area (TPSA) is 132 Å². The van der Waals surface area contributed by atoms with E-state index in [9.17, 15) is 4.79 Å². The highest BCUT2D eigenvalue weighted by Crippen LogP contribution is 2.22. The lowest BCUT2D eigenvalue weighted by Gasteiger charge is -1.99. The standard InChI is InChI=1S/C7H8O2.C4H8O2.CH5N3/c1-9-7-5-3-2-4-6(7)8;1-3-6-4(2)5;2-1(3)4/h2-5,8H,1H3;3H2,1-2H3;(H5,2,3,4). The molecule has 0 heterocycles. The number of carbonyl (C=O) groups excluding carboxylic acids is 1. The quantitative estimate of drug-likeness (QED) is 0.357. The fourth-order valence-electron chi connectivity index (χ4n) is 0.833. The van der Waals surface area contributed by atoms with Crippen molar-refractivity contribution in [3.8, 4) is 11.5 Å². The molecule has 0 spiro atoms. The van der Waals surface area contributed by atoms with Crippen molar-refractivity contribution in [3.63, 3.8) is 0 Å². The lowest BCUT2D eigenvalue weighted by molar-refractivity contribution is -0.140. The van der Waals surface area contributed by atoms with Gasteiger partial charge < -0.3 is 26.0 Å². The lowest BCUT2D eigenvalue weighted by Crippen LogP contribution is -2.20. The van der Waals surface area contributed by atoms with Gasteiger partial charge in [0.1, 0.15) is 0 Å². The summed E-state index contributed by atoms with van der Waals surface area (Å²) in [6.45, 7) is 3.65. The van der Waals surface area contributed by atoms with Crippen LogP contribution in [-0.4, -0.2) is 30.8 Å². The van der Waals surface area contributed by atoms with Crippen molar-refractivity contribution in [2.24, 2.45) is 11.5 Å². The zero-order chi connectivity index (χ0) is 15.3. The molecular formula is C12H21N3O4. The molecule has 0 aliphatic rings. The van der Waals surface area contributed by atoms with Crippen molar-refractivity contribution in [1.29, 1.82) is 5.41 Å². The van der Waals surface area contributed by atoms with E-state index in [-0.39, 0.29) is 17.7 Å². The predicted molar refractivity (Wildman–Crippen MR) is 73.1 cm³/mol. The Balaban J connectivity index is 0. The molecule has 0 unspecified atom stereocenters. The Labute approximate surface area is 112 Å². The van der Waals surface area contributed by atoms with Crippen LogP contribution in [0.25, 0.3) is 0 Å². The number of para-hydroxylation sites is 2. The Bertz CT molecular complexity index is 379. The van der Waals surface area contributed by atoms with Gasteiger partial charge in [-0.05, 0) is 19.1 Å². The second-order valence-electron chi connectivity index (χ2n) is 3.05. The number of esters is 1. The molecule has 0 atom stereocenters. The van der Waals surface area contributed by atoms with Gasteiger partial charge in [0.2, 0.25) is 0 Å². The van der Waals surface area contributed by atoms with Gasteiger partial charge in [-0.1, -0.05) is 12.1 Å². The smallest absolute Gasteiger partial charge is 0.302 e. The number of methoxy groups -OCH3 is 1. The maximum Gasteiger partial charge on any atom is 0.302 e. The Morgan fingerprint density at radius 1 is 1.37 bits per heavy atom.